The van der Waals surface area contributed by atoms with Crippen molar-refractivity contribution in [2.75, 3.05) is 4.90 Å². The van der Waals surface area contributed by atoms with Gasteiger partial charge in [0.05, 0.1) is 30.4 Å². The fourth-order valence-electron chi connectivity index (χ4n) is 8.35. The Kier molecular flexibility index (Phi) is 6.58. The summed E-state index contributed by atoms with van der Waals surface area (Å²) in [6.07, 6.45) is 0. The first-order valence-corrected chi connectivity index (χ1v) is 19.8. The molecule has 0 radical (unpaired) electrons. The molecule has 0 bridgehead atoms. The zero-order valence-electron chi connectivity index (χ0n) is 42.2. The van der Waals surface area contributed by atoms with Crippen LogP contribution in [0.3, 0.4) is 0 Å². The van der Waals surface area contributed by atoms with Crippen LogP contribution in [-0.4, -0.2) is 4.57 Å². The van der Waals surface area contributed by atoms with Gasteiger partial charge in [-0.15, -0.1) is 0 Å². The summed E-state index contributed by atoms with van der Waals surface area (Å²) in [5.74, 6) is 0. The standard InChI is InChI=1S/C58H40N2/c1-4-14-41(15-5-1)44-24-31-48(32-25-44)59(49-33-26-45(27-34-49)42-16-6-2-7-17-42)57-39-38-51(52-20-10-11-21-53(52)57)47-30-37-55-54-22-12-13-23-56(54)60(58(55)40-47)50-35-28-46(29-36-50)43-18-8-3-9-19-43/h1-40H/i1D,2D,4D,5D,6D,7D,14D,15D,16D,17D. The van der Waals surface area contributed by atoms with E-state index in [1.165, 1.54) is 0 Å². The number of rotatable bonds is 8. The SMILES string of the molecule is [2H]c1c([2H])c([2H])c(-c2ccc(N(c3ccc(-c4c([2H])c([2H])c([2H])c([2H])c4[2H])cc3)c3ccc(-c4ccc5c6ccccc6n(-c6ccc(-c7ccccc7)cc6)c5c4)c4ccccc34)cc2)c([2H])c1[2H]. The molecule has 0 saturated heterocycles. The van der Waals surface area contributed by atoms with Gasteiger partial charge in [0, 0.05) is 33.2 Å². The molecule has 1 aromatic heterocycles. The van der Waals surface area contributed by atoms with Gasteiger partial charge < -0.3 is 9.47 Å². The first kappa shape index (κ1) is 26.1. The average Bonchev–Trinajstić information content (AvgIpc) is 3.73. The van der Waals surface area contributed by atoms with Crippen molar-refractivity contribution in [1.82, 2.24) is 4.57 Å². The maximum absolute atomic E-state index is 8.64. The number of anilines is 3. The van der Waals surface area contributed by atoms with E-state index in [1.54, 1.807) is 24.3 Å². The smallest absolute Gasteiger partial charge is 0.0629 e. The second-order valence-electron chi connectivity index (χ2n) is 14.6. The fraction of sp³-hybridized carbons (Fsp3) is 0. The van der Waals surface area contributed by atoms with Crippen LogP contribution < -0.4 is 4.90 Å². The normalized spacial score (nSPS) is 13.7. The Labute approximate surface area is 364 Å². The third-order valence-electron chi connectivity index (χ3n) is 11.2. The Morgan fingerprint density at radius 1 is 0.333 bits per heavy atom. The van der Waals surface area contributed by atoms with Crippen LogP contribution in [0.5, 0.6) is 0 Å². The molecule has 10 aromatic carbocycles. The molecule has 1 heterocycles. The van der Waals surface area contributed by atoms with Crippen LogP contribution in [0, 0.1) is 0 Å². The van der Waals surface area contributed by atoms with Gasteiger partial charge in [0.1, 0.15) is 0 Å². The third kappa shape index (κ3) is 6.32. The van der Waals surface area contributed by atoms with Crippen molar-refractivity contribution >= 4 is 49.6 Å². The molecule has 0 saturated carbocycles. The summed E-state index contributed by atoms with van der Waals surface area (Å²) < 4.78 is 86.3. The van der Waals surface area contributed by atoms with Crippen LogP contribution in [0.1, 0.15) is 13.7 Å². The van der Waals surface area contributed by atoms with Gasteiger partial charge in [0.25, 0.3) is 0 Å². The van der Waals surface area contributed by atoms with E-state index in [4.69, 9.17) is 13.7 Å². The summed E-state index contributed by atoms with van der Waals surface area (Å²) in [5, 5.41) is 4.21. The lowest BCUT2D eigenvalue weighted by Gasteiger charge is -2.28. The number of nitrogens with zero attached hydrogens (tertiary/aromatic N) is 2. The quantitative estimate of drug-likeness (QED) is 0.149. The summed E-state index contributed by atoms with van der Waals surface area (Å²) in [4.78, 5) is 2.06. The third-order valence-corrected chi connectivity index (χ3v) is 11.2. The summed E-state index contributed by atoms with van der Waals surface area (Å²) in [6, 6.07) is 57.2. The number of aromatic nitrogens is 1. The van der Waals surface area contributed by atoms with Crippen molar-refractivity contribution in [3.05, 3.63) is 242 Å². The molecule has 60 heavy (non-hydrogen) atoms. The zero-order chi connectivity index (χ0) is 48.5. The molecule has 0 spiro atoms. The van der Waals surface area contributed by atoms with Crippen LogP contribution >= 0.6 is 0 Å². The number of benzene rings is 10. The molecule has 0 unspecified atom stereocenters. The summed E-state index contributed by atoms with van der Waals surface area (Å²) >= 11 is 0. The molecule has 0 fully saturated rings. The van der Waals surface area contributed by atoms with Crippen LogP contribution in [0.25, 0.3) is 82.8 Å². The van der Waals surface area contributed by atoms with Gasteiger partial charge in [-0.25, -0.2) is 0 Å². The average molecular weight is 775 g/mol. The van der Waals surface area contributed by atoms with Gasteiger partial charge >= 0.3 is 0 Å². The van der Waals surface area contributed by atoms with Crippen molar-refractivity contribution in [3.63, 3.8) is 0 Å². The van der Waals surface area contributed by atoms with Crippen molar-refractivity contribution in [3.8, 4) is 50.2 Å². The Hall–Kier alpha value is -7.94. The highest BCUT2D eigenvalue weighted by molar-refractivity contribution is 6.12. The molecule has 2 nitrogen and oxygen atoms in total. The monoisotopic (exact) mass is 774 g/mol. The van der Waals surface area contributed by atoms with E-state index in [9.17, 15) is 0 Å². The fourth-order valence-corrected chi connectivity index (χ4v) is 8.35. The lowest BCUT2D eigenvalue weighted by molar-refractivity contribution is 1.18. The number of para-hydroxylation sites is 1. The van der Waals surface area contributed by atoms with Gasteiger partial charge in [-0.05, 0) is 104 Å². The van der Waals surface area contributed by atoms with Gasteiger partial charge in [-0.3, -0.25) is 0 Å². The lowest BCUT2D eigenvalue weighted by atomic mass is 9.95. The van der Waals surface area contributed by atoms with Crippen LogP contribution in [0.15, 0.2) is 242 Å². The topological polar surface area (TPSA) is 8.17 Å². The van der Waals surface area contributed by atoms with Crippen molar-refractivity contribution in [1.29, 1.82) is 0 Å². The molecule has 0 atom stereocenters. The van der Waals surface area contributed by atoms with Gasteiger partial charge in [-0.1, -0.05) is 188 Å². The molecule has 0 aliphatic rings. The Morgan fingerprint density at radius 2 is 0.817 bits per heavy atom. The second kappa shape index (κ2) is 15.1. The first-order valence-electron chi connectivity index (χ1n) is 24.8. The highest BCUT2D eigenvalue weighted by Crippen LogP contribution is 2.44. The Morgan fingerprint density at radius 3 is 1.45 bits per heavy atom. The van der Waals surface area contributed by atoms with E-state index in [1.807, 2.05) is 54.6 Å². The molecule has 11 rings (SSSR count). The van der Waals surface area contributed by atoms with E-state index in [0.717, 1.165) is 66.2 Å². The largest absolute Gasteiger partial charge is 0.310 e. The molecule has 11 aromatic rings. The minimum absolute atomic E-state index is 0.0992. The Bertz CT molecular complexity index is 3700. The van der Waals surface area contributed by atoms with Gasteiger partial charge in [-0.2, -0.15) is 0 Å². The number of hydrogen-bond acceptors (Lipinski definition) is 1. The van der Waals surface area contributed by atoms with Crippen LogP contribution in [-0.2, 0) is 0 Å². The van der Waals surface area contributed by atoms with Crippen LogP contribution in [0.4, 0.5) is 17.1 Å². The summed E-state index contributed by atoms with van der Waals surface area (Å²) in [6.45, 7) is 0. The van der Waals surface area contributed by atoms with E-state index < -0.39 is 36.3 Å². The molecular weight excluding hydrogens is 725 g/mol. The lowest BCUT2D eigenvalue weighted by Crippen LogP contribution is -2.10. The van der Waals surface area contributed by atoms with Crippen LogP contribution in [0.2, 0.25) is 0 Å². The van der Waals surface area contributed by atoms with E-state index in [-0.39, 0.29) is 35.3 Å². The first-order chi connectivity index (χ1) is 33.9. The highest BCUT2D eigenvalue weighted by Gasteiger charge is 2.19. The zero-order valence-corrected chi connectivity index (χ0v) is 32.2. The minimum atomic E-state index is -0.458. The highest BCUT2D eigenvalue weighted by atomic mass is 15.1. The Balaban J connectivity index is 1.06. The number of fused-ring (bicyclic) bond motifs is 4. The van der Waals surface area contributed by atoms with E-state index in [2.05, 4.69) is 113 Å². The molecule has 282 valence electrons. The maximum atomic E-state index is 8.64. The molecule has 0 N–H and O–H groups in total. The molecule has 0 amide bonds. The molecule has 0 aliphatic carbocycles. The summed E-state index contributed by atoms with van der Waals surface area (Å²) in [7, 11) is 0. The molecule has 2 heteroatoms. The molecular formula is C58H40N2. The van der Waals surface area contributed by atoms with Crippen molar-refractivity contribution in [2.24, 2.45) is 0 Å². The van der Waals surface area contributed by atoms with Crippen molar-refractivity contribution in [2.45, 2.75) is 0 Å². The predicted molar refractivity (Wildman–Crippen MR) is 255 cm³/mol. The molecule has 0 aliphatic heterocycles. The number of hydrogen-bond donors (Lipinski definition) is 0. The van der Waals surface area contributed by atoms with E-state index >= 15 is 0 Å². The summed E-state index contributed by atoms with van der Waals surface area (Å²) in [5.41, 5.74) is 10.9. The van der Waals surface area contributed by atoms with Gasteiger partial charge in [0.2, 0.25) is 0 Å². The minimum Gasteiger partial charge on any atom is -0.310 e. The van der Waals surface area contributed by atoms with Crippen molar-refractivity contribution < 1.29 is 13.7 Å². The van der Waals surface area contributed by atoms with E-state index in [0.29, 0.717) is 22.5 Å². The maximum Gasteiger partial charge on any atom is 0.0629 e. The van der Waals surface area contributed by atoms with Gasteiger partial charge in [0.15, 0.2) is 0 Å². The second-order valence-corrected chi connectivity index (χ2v) is 14.6. The predicted octanol–water partition coefficient (Wildman–Crippen LogP) is 16.1.